The number of imidazole rings is 1. The number of benzene rings is 1. The van der Waals surface area contributed by atoms with Crippen LogP contribution in [0, 0.1) is 11.3 Å². The highest BCUT2D eigenvalue weighted by atomic mass is 16.5. The molecule has 0 bridgehead atoms. The van der Waals surface area contributed by atoms with Crippen molar-refractivity contribution in [3.05, 3.63) is 35.8 Å². The third-order valence-electron chi connectivity index (χ3n) is 5.36. The first kappa shape index (κ1) is 19.4. The zero-order valence-electron chi connectivity index (χ0n) is 16.0. The third-order valence-corrected chi connectivity index (χ3v) is 5.36. The van der Waals surface area contributed by atoms with Crippen LogP contribution < -0.4 is 10.5 Å². The highest BCUT2D eigenvalue weighted by molar-refractivity contribution is 5.99. The van der Waals surface area contributed by atoms with Crippen LogP contribution in [0.15, 0.2) is 24.3 Å². The number of hydrogen-bond acceptors (Lipinski definition) is 4. The number of nitrogens with zero attached hydrogens (tertiary/aromatic N) is 1. The second kappa shape index (κ2) is 9.04. The fraction of sp³-hybridized carbons (Fsp3) is 0.524. The van der Waals surface area contributed by atoms with Gasteiger partial charge in [0.25, 0.3) is 0 Å². The highest BCUT2D eigenvalue weighted by Crippen LogP contribution is 2.36. The predicted molar refractivity (Wildman–Crippen MR) is 107 cm³/mol. The number of aliphatic hydroxyl groups is 1. The van der Waals surface area contributed by atoms with Gasteiger partial charge >= 0.3 is 0 Å². The maximum atomic E-state index is 9.34. The van der Waals surface area contributed by atoms with E-state index in [9.17, 15) is 5.11 Å². The van der Waals surface area contributed by atoms with E-state index < -0.39 is 0 Å². The average molecular weight is 370 g/mol. The number of nitrogens with one attached hydrogen (secondary N) is 2. The van der Waals surface area contributed by atoms with E-state index in [1.54, 1.807) is 0 Å². The van der Waals surface area contributed by atoms with Gasteiger partial charge in [0.15, 0.2) is 0 Å². The quantitative estimate of drug-likeness (QED) is 0.322. The highest BCUT2D eigenvalue weighted by Gasteiger charge is 2.26. The molecule has 0 aliphatic heterocycles. The minimum absolute atomic E-state index is 0.00917. The Morgan fingerprint density at radius 3 is 2.78 bits per heavy atom. The number of ether oxygens (including phenoxy) is 1. The Morgan fingerprint density at radius 1 is 1.33 bits per heavy atom. The number of aromatic nitrogens is 2. The molecule has 1 aliphatic carbocycles. The van der Waals surface area contributed by atoms with Crippen molar-refractivity contribution in [2.75, 3.05) is 13.2 Å². The average Bonchev–Trinajstić information content (AvgIpc) is 3.14. The fourth-order valence-electron chi connectivity index (χ4n) is 3.67. The van der Waals surface area contributed by atoms with Gasteiger partial charge in [-0.15, -0.1) is 0 Å². The van der Waals surface area contributed by atoms with Crippen LogP contribution in [0.2, 0.25) is 0 Å². The lowest BCUT2D eigenvalue weighted by molar-refractivity contribution is 0.181. The molecule has 0 atom stereocenters. The lowest BCUT2D eigenvalue weighted by atomic mass is 9.82. The molecule has 3 rings (SSSR count). The van der Waals surface area contributed by atoms with Gasteiger partial charge in [0.1, 0.15) is 23.1 Å². The molecule has 6 nitrogen and oxygen atoms in total. The molecule has 146 valence electrons. The Hall–Kier alpha value is -2.34. The molecule has 1 saturated carbocycles. The van der Waals surface area contributed by atoms with Gasteiger partial charge in [0.2, 0.25) is 0 Å². The molecule has 0 amide bonds. The normalized spacial score (nSPS) is 19.8. The summed E-state index contributed by atoms with van der Waals surface area (Å²) in [5.74, 6) is 2.42. The van der Waals surface area contributed by atoms with Crippen LogP contribution in [0.25, 0.3) is 11.3 Å². The first-order valence-electron chi connectivity index (χ1n) is 9.90. The summed E-state index contributed by atoms with van der Waals surface area (Å²) in [7, 11) is 0. The van der Waals surface area contributed by atoms with Crippen molar-refractivity contribution in [2.24, 2.45) is 11.7 Å². The van der Waals surface area contributed by atoms with Crippen LogP contribution in [-0.4, -0.2) is 34.1 Å². The van der Waals surface area contributed by atoms with Gasteiger partial charge in [-0.25, -0.2) is 4.98 Å². The van der Waals surface area contributed by atoms with E-state index in [0.29, 0.717) is 29.8 Å². The first-order chi connectivity index (χ1) is 13.1. The Kier molecular flexibility index (Phi) is 6.50. The topological polar surface area (TPSA) is 108 Å². The number of amidine groups is 1. The molecule has 1 fully saturated rings. The molecule has 2 aromatic rings. The lowest BCUT2D eigenvalue weighted by Gasteiger charge is -2.25. The van der Waals surface area contributed by atoms with Gasteiger partial charge in [0, 0.05) is 18.1 Å². The van der Waals surface area contributed by atoms with E-state index in [2.05, 4.69) is 11.9 Å². The lowest BCUT2D eigenvalue weighted by Crippen LogP contribution is -2.17. The van der Waals surface area contributed by atoms with Crippen LogP contribution in [0.1, 0.15) is 62.9 Å². The Bertz CT molecular complexity index is 763. The Labute approximate surface area is 160 Å². The number of nitrogen functional groups attached to an aromatic ring is 1. The van der Waals surface area contributed by atoms with E-state index in [1.165, 1.54) is 0 Å². The summed E-state index contributed by atoms with van der Waals surface area (Å²) in [6.07, 6.45) is 6.12. The second-order valence-electron chi connectivity index (χ2n) is 7.39. The minimum atomic E-state index is -0.00917. The van der Waals surface area contributed by atoms with Crippen molar-refractivity contribution < 1.29 is 9.84 Å². The summed E-state index contributed by atoms with van der Waals surface area (Å²) in [6, 6.07) is 7.82. The van der Waals surface area contributed by atoms with Crippen molar-refractivity contribution in [3.63, 3.8) is 0 Å². The number of aliphatic hydroxyl groups excluding tert-OH is 1. The summed E-state index contributed by atoms with van der Waals surface area (Å²) >= 11 is 0. The summed E-state index contributed by atoms with van der Waals surface area (Å²) in [5.41, 5.74) is 8.01. The number of unbranched alkanes of at least 4 members (excludes halogenated alkanes) is 1. The summed E-state index contributed by atoms with van der Waals surface area (Å²) < 4.78 is 5.81. The summed E-state index contributed by atoms with van der Waals surface area (Å²) in [5, 5.41) is 17.3. The second-order valence-corrected chi connectivity index (χ2v) is 7.39. The molecule has 1 aromatic carbocycles. The molecule has 27 heavy (non-hydrogen) atoms. The smallest absolute Gasteiger partial charge is 0.141 e. The van der Waals surface area contributed by atoms with Crippen molar-refractivity contribution in [1.82, 2.24) is 9.97 Å². The molecule has 6 heteroatoms. The molecular formula is C21H30N4O2. The number of H-pyrrole nitrogens is 1. The van der Waals surface area contributed by atoms with E-state index in [1.807, 2.05) is 24.3 Å². The van der Waals surface area contributed by atoms with Crippen LogP contribution in [0.4, 0.5) is 0 Å². The van der Waals surface area contributed by atoms with E-state index in [4.69, 9.17) is 20.9 Å². The standard InChI is InChI=1S/C21H30N4O2/c1-2-3-11-27-17-6-4-5-16(12-17)18-19(20(22)23)25-21(24-18)15-9-7-14(13-26)8-10-15/h4-6,12,14-15,26H,2-3,7-11,13H2,1H3,(H3,22,23)(H,24,25)/t14-,15-. The zero-order valence-corrected chi connectivity index (χ0v) is 16.0. The maximum Gasteiger partial charge on any atom is 0.141 e. The molecule has 1 aromatic heterocycles. The summed E-state index contributed by atoms with van der Waals surface area (Å²) in [4.78, 5) is 8.11. The molecule has 1 heterocycles. The largest absolute Gasteiger partial charge is 0.494 e. The Balaban J connectivity index is 1.84. The van der Waals surface area contributed by atoms with Gasteiger partial charge in [-0.05, 0) is 50.2 Å². The van der Waals surface area contributed by atoms with Crippen LogP contribution in [0.5, 0.6) is 5.75 Å². The molecule has 5 N–H and O–H groups in total. The fourth-order valence-corrected chi connectivity index (χ4v) is 3.67. The van der Waals surface area contributed by atoms with Crippen LogP contribution in [0.3, 0.4) is 0 Å². The van der Waals surface area contributed by atoms with Crippen molar-refractivity contribution in [3.8, 4) is 17.0 Å². The zero-order chi connectivity index (χ0) is 19.2. The predicted octanol–water partition coefficient (Wildman–Crippen LogP) is 3.81. The van der Waals surface area contributed by atoms with Crippen LogP contribution >= 0.6 is 0 Å². The maximum absolute atomic E-state index is 9.34. The molecule has 0 spiro atoms. The van der Waals surface area contributed by atoms with E-state index in [0.717, 1.165) is 55.7 Å². The minimum Gasteiger partial charge on any atom is -0.494 e. The number of aromatic amines is 1. The Morgan fingerprint density at radius 2 is 2.11 bits per heavy atom. The molecule has 0 unspecified atom stereocenters. The van der Waals surface area contributed by atoms with Crippen molar-refractivity contribution >= 4 is 5.84 Å². The van der Waals surface area contributed by atoms with Crippen molar-refractivity contribution in [2.45, 2.75) is 51.4 Å². The number of rotatable bonds is 8. The van der Waals surface area contributed by atoms with Gasteiger partial charge in [0.05, 0.1) is 12.3 Å². The first-order valence-corrected chi connectivity index (χ1v) is 9.90. The van der Waals surface area contributed by atoms with Crippen LogP contribution in [-0.2, 0) is 0 Å². The molecular weight excluding hydrogens is 340 g/mol. The monoisotopic (exact) mass is 370 g/mol. The van der Waals surface area contributed by atoms with Gasteiger partial charge < -0.3 is 20.6 Å². The third kappa shape index (κ3) is 4.69. The molecule has 0 radical (unpaired) electrons. The molecule has 1 aliphatic rings. The van der Waals surface area contributed by atoms with Gasteiger partial charge in [-0.3, -0.25) is 5.41 Å². The van der Waals surface area contributed by atoms with E-state index >= 15 is 0 Å². The van der Waals surface area contributed by atoms with E-state index in [-0.39, 0.29) is 12.4 Å². The number of nitrogens with two attached hydrogens (primary N) is 1. The number of hydrogen-bond donors (Lipinski definition) is 4. The van der Waals surface area contributed by atoms with Gasteiger partial charge in [-0.2, -0.15) is 0 Å². The molecule has 0 saturated heterocycles. The summed E-state index contributed by atoms with van der Waals surface area (Å²) in [6.45, 7) is 3.09. The van der Waals surface area contributed by atoms with Gasteiger partial charge in [-0.1, -0.05) is 25.5 Å². The SMILES string of the molecule is CCCCOc1cccc(-c2nc([C@H]3CC[C@H](CO)CC3)[nH]c2C(=N)N)c1. The van der Waals surface area contributed by atoms with Crippen molar-refractivity contribution in [1.29, 1.82) is 5.41 Å².